The molecule has 0 N–H and O–H groups in total. The second kappa shape index (κ2) is 4.83. The molecule has 12 heavy (non-hydrogen) atoms. The van der Waals surface area contributed by atoms with Gasteiger partial charge in [-0.25, -0.2) is 0 Å². The molecule has 0 heterocycles. The molecule has 0 spiro atoms. The van der Waals surface area contributed by atoms with Crippen molar-refractivity contribution in [1.29, 1.82) is 0 Å². The molecule has 0 aliphatic heterocycles. The minimum atomic E-state index is 0. The Kier molecular flexibility index (Phi) is 4.44. The van der Waals surface area contributed by atoms with E-state index in [1.165, 1.54) is 18.2 Å². The Balaban J connectivity index is 0.00000121. The first-order valence-corrected chi connectivity index (χ1v) is 3.05. The van der Waals surface area contributed by atoms with Gasteiger partial charge in [0.1, 0.15) is 0 Å². The molecule has 0 bridgehead atoms. The smallest absolute Gasteiger partial charge is 0.792 e. The molecule has 0 fully saturated rings. The molecular weight excluding hydrogens is 209 g/mol. The minimum Gasteiger partial charge on any atom is -0.792 e. The summed E-state index contributed by atoms with van der Waals surface area (Å²) in [4.78, 5) is 0. The zero-order valence-electron chi connectivity index (χ0n) is 6.65. The summed E-state index contributed by atoms with van der Waals surface area (Å²) in [5, 5.41) is 25.5. The van der Waals surface area contributed by atoms with E-state index in [4.69, 9.17) is 0 Å². The molecule has 0 aromatic carbocycles. The van der Waals surface area contributed by atoms with Crippen LogP contribution in [0.2, 0.25) is 0 Å². The number of hydrogen-bond donors (Lipinski definition) is 0. The van der Waals surface area contributed by atoms with Crippen molar-refractivity contribution in [3.05, 3.63) is 34.2 Å². The van der Waals surface area contributed by atoms with Crippen LogP contribution in [-0.4, -0.2) is 11.4 Å². The summed E-state index contributed by atoms with van der Waals surface area (Å²) in [5.74, 6) is 0. The second-order valence-corrected chi connectivity index (χ2v) is 2.15. The molecule has 0 atom stereocenters. The molecule has 1 aliphatic rings. The molecule has 1 rings (SSSR count). The van der Waals surface area contributed by atoms with E-state index in [0.717, 1.165) is 0 Å². The van der Waals surface area contributed by atoms with Crippen molar-refractivity contribution in [3.63, 3.8) is 0 Å². The van der Waals surface area contributed by atoms with Crippen LogP contribution in [0.3, 0.4) is 0 Å². The van der Waals surface area contributed by atoms with E-state index in [-0.39, 0.29) is 19.5 Å². The van der Waals surface area contributed by atoms with E-state index in [1.807, 2.05) is 0 Å². The van der Waals surface area contributed by atoms with Crippen LogP contribution < -0.4 is 0 Å². The Hall–Kier alpha value is -0.957. The van der Waals surface area contributed by atoms with Gasteiger partial charge in [0, 0.05) is 0 Å². The predicted molar refractivity (Wildman–Crippen MR) is 44.5 cm³/mol. The van der Waals surface area contributed by atoms with Crippen molar-refractivity contribution in [1.82, 2.24) is 0 Å². The quantitative estimate of drug-likeness (QED) is 0.348. The molecule has 0 aromatic heterocycles. The van der Waals surface area contributed by atoms with Gasteiger partial charge in [-0.1, -0.05) is 0 Å². The summed E-state index contributed by atoms with van der Waals surface area (Å²) in [6.45, 7) is 1.70. The first-order valence-electron chi connectivity index (χ1n) is 3.05. The molecule has 5 heteroatoms. The standard InChI is InChI=1S/C7H8N2O2.Zn/c1-5-4-6(8-10)2-3-7(5)9-11;/h2-4,10-11H,1H3;/q;+2/p-2/b8-6+,9-7-;. The maximum atomic E-state index is 10.1. The van der Waals surface area contributed by atoms with Gasteiger partial charge in [-0.05, 0) is 30.7 Å². The predicted octanol–water partition coefficient (Wildman–Crippen LogP) is 1.38. The number of hydrogen-bond acceptors (Lipinski definition) is 4. The normalized spacial score (nSPS) is 22.2. The van der Waals surface area contributed by atoms with Crippen molar-refractivity contribution >= 4 is 11.4 Å². The fraction of sp³-hybridized carbons (Fsp3) is 0.143. The summed E-state index contributed by atoms with van der Waals surface area (Å²) in [5.41, 5.74) is 1.32. The summed E-state index contributed by atoms with van der Waals surface area (Å²) in [6, 6.07) is 0. The van der Waals surface area contributed by atoms with E-state index >= 15 is 0 Å². The molecule has 0 saturated carbocycles. The zero-order chi connectivity index (χ0) is 8.27. The van der Waals surface area contributed by atoms with Crippen molar-refractivity contribution in [2.45, 2.75) is 6.92 Å². The first kappa shape index (κ1) is 11.0. The summed E-state index contributed by atoms with van der Waals surface area (Å²) in [6.07, 6.45) is 4.44. The largest absolute Gasteiger partial charge is 2.00 e. The van der Waals surface area contributed by atoms with Crippen LogP contribution >= 0.6 is 0 Å². The number of allylic oxidation sites excluding steroid dienone is 4. The molecule has 1 aliphatic carbocycles. The Morgan fingerprint density at radius 1 is 1.17 bits per heavy atom. The van der Waals surface area contributed by atoms with Crippen molar-refractivity contribution in [2.24, 2.45) is 10.3 Å². The van der Waals surface area contributed by atoms with Gasteiger partial charge in [-0.15, -0.1) is 0 Å². The fourth-order valence-electron chi connectivity index (χ4n) is 0.799. The SMILES string of the molecule is CC1=CC(=N/[O-])/C=CC/1=N/[O-].[Zn+2]. The summed E-state index contributed by atoms with van der Waals surface area (Å²) in [7, 11) is 0. The monoisotopic (exact) mass is 214 g/mol. The average Bonchev–Trinajstić information content (AvgIpc) is 2.04. The van der Waals surface area contributed by atoms with E-state index in [1.54, 1.807) is 6.92 Å². The first-order chi connectivity index (χ1) is 5.27. The van der Waals surface area contributed by atoms with Gasteiger partial charge >= 0.3 is 19.5 Å². The van der Waals surface area contributed by atoms with E-state index < -0.39 is 0 Å². The minimum absolute atomic E-state index is 0. The van der Waals surface area contributed by atoms with Gasteiger partial charge in [0.05, 0.1) is 11.4 Å². The Morgan fingerprint density at radius 3 is 2.25 bits per heavy atom. The van der Waals surface area contributed by atoms with Gasteiger partial charge in [-0.3, -0.25) is 0 Å². The summed E-state index contributed by atoms with van der Waals surface area (Å²) < 4.78 is 0. The number of rotatable bonds is 0. The second-order valence-electron chi connectivity index (χ2n) is 2.15. The van der Waals surface area contributed by atoms with E-state index in [0.29, 0.717) is 17.0 Å². The van der Waals surface area contributed by atoms with E-state index in [2.05, 4.69) is 10.3 Å². The van der Waals surface area contributed by atoms with Crippen LogP contribution in [0.4, 0.5) is 0 Å². The molecular formula is C7H6N2O2Zn. The van der Waals surface area contributed by atoms with Crippen LogP contribution in [0.15, 0.2) is 34.1 Å². The Labute approximate surface area is 82.7 Å². The Bertz CT molecular complexity index is 279. The maximum absolute atomic E-state index is 10.1. The van der Waals surface area contributed by atoms with Gasteiger partial charge < -0.3 is 20.7 Å². The molecule has 0 unspecified atom stereocenters. The van der Waals surface area contributed by atoms with Crippen molar-refractivity contribution in [3.8, 4) is 0 Å². The van der Waals surface area contributed by atoms with Gasteiger partial charge in [0.25, 0.3) is 0 Å². The van der Waals surface area contributed by atoms with Gasteiger partial charge in [-0.2, -0.15) is 0 Å². The van der Waals surface area contributed by atoms with Gasteiger partial charge in [0.2, 0.25) is 0 Å². The topological polar surface area (TPSA) is 70.8 Å². The fourth-order valence-corrected chi connectivity index (χ4v) is 0.799. The molecule has 0 amide bonds. The Morgan fingerprint density at radius 2 is 1.83 bits per heavy atom. The molecule has 0 radical (unpaired) electrons. The maximum Gasteiger partial charge on any atom is 2.00 e. The molecule has 0 aromatic rings. The van der Waals surface area contributed by atoms with Crippen molar-refractivity contribution in [2.75, 3.05) is 0 Å². The average molecular weight is 216 g/mol. The zero-order valence-corrected chi connectivity index (χ0v) is 9.62. The van der Waals surface area contributed by atoms with Crippen LogP contribution in [0.25, 0.3) is 0 Å². The third kappa shape index (κ3) is 2.27. The molecule has 0 saturated heterocycles. The third-order valence-corrected chi connectivity index (χ3v) is 1.38. The van der Waals surface area contributed by atoms with Crippen LogP contribution in [0.5, 0.6) is 0 Å². The van der Waals surface area contributed by atoms with Crippen LogP contribution in [0.1, 0.15) is 6.92 Å². The van der Waals surface area contributed by atoms with E-state index in [9.17, 15) is 10.4 Å². The van der Waals surface area contributed by atoms with Crippen molar-refractivity contribution < 1.29 is 19.5 Å². The molecule has 58 valence electrons. The van der Waals surface area contributed by atoms with Crippen LogP contribution in [0, 0.1) is 10.4 Å². The molecule has 4 nitrogen and oxygen atoms in total. The third-order valence-electron chi connectivity index (χ3n) is 1.38. The van der Waals surface area contributed by atoms with Crippen LogP contribution in [-0.2, 0) is 19.5 Å². The summed E-state index contributed by atoms with van der Waals surface area (Å²) >= 11 is 0. The van der Waals surface area contributed by atoms with Gasteiger partial charge in [0.15, 0.2) is 0 Å². The number of nitrogens with zero attached hydrogens (tertiary/aromatic N) is 2.